The van der Waals surface area contributed by atoms with Crippen molar-refractivity contribution in [2.24, 2.45) is 10.9 Å². The highest BCUT2D eigenvalue weighted by Crippen LogP contribution is 2.28. The number of nitrogens with two attached hydrogens (primary N) is 1. The summed E-state index contributed by atoms with van der Waals surface area (Å²) in [6.45, 7) is 6.65. The van der Waals surface area contributed by atoms with Gasteiger partial charge in [0.1, 0.15) is 5.84 Å². The zero-order valence-electron chi connectivity index (χ0n) is 9.98. The number of likely N-dealkylation sites (tertiary alicyclic amines) is 1. The van der Waals surface area contributed by atoms with Gasteiger partial charge < -0.3 is 10.9 Å². The Morgan fingerprint density at radius 1 is 1.60 bits per heavy atom. The van der Waals surface area contributed by atoms with E-state index >= 15 is 0 Å². The van der Waals surface area contributed by atoms with Crippen LogP contribution in [0.5, 0.6) is 0 Å². The molecule has 0 radical (unpaired) electrons. The van der Waals surface area contributed by atoms with Gasteiger partial charge >= 0.3 is 0 Å². The third-order valence-electron chi connectivity index (χ3n) is 3.46. The normalized spacial score (nSPS) is 30.7. The molecule has 0 amide bonds. The minimum Gasteiger partial charge on any atom is -0.409 e. The van der Waals surface area contributed by atoms with Crippen LogP contribution in [0.4, 0.5) is 0 Å². The molecule has 0 saturated carbocycles. The van der Waals surface area contributed by atoms with E-state index in [-0.39, 0.29) is 0 Å². The highest BCUT2D eigenvalue weighted by molar-refractivity contribution is 5.80. The molecular formula is C11H23N3O. The lowest BCUT2D eigenvalue weighted by molar-refractivity contribution is 0.146. The predicted octanol–water partition coefficient (Wildman–Crippen LogP) is 1.77. The van der Waals surface area contributed by atoms with Crippen molar-refractivity contribution in [2.45, 2.75) is 64.6 Å². The zero-order chi connectivity index (χ0) is 11.4. The lowest BCUT2D eigenvalue weighted by Crippen LogP contribution is -2.43. The van der Waals surface area contributed by atoms with Gasteiger partial charge in [0.25, 0.3) is 0 Å². The van der Waals surface area contributed by atoms with Crippen molar-refractivity contribution >= 4 is 5.84 Å². The summed E-state index contributed by atoms with van der Waals surface area (Å²) in [5, 5.41) is 11.6. The van der Waals surface area contributed by atoms with Crippen LogP contribution >= 0.6 is 0 Å². The molecule has 0 bridgehead atoms. The van der Waals surface area contributed by atoms with Crippen molar-refractivity contribution in [3.8, 4) is 0 Å². The Labute approximate surface area is 92.1 Å². The van der Waals surface area contributed by atoms with Crippen molar-refractivity contribution in [1.29, 1.82) is 0 Å². The van der Waals surface area contributed by atoms with E-state index in [2.05, 4.69) is 30.8 Å². The summed E-state index contributed by atoms with van der Waals surface area (Å²) in [6, 6.07) is 1.65. The van der Waals surface area contributed by atoms with Crippen LogP contribution in [0.25, 0.3) is 0 Å². The van der Waals surface area contributed by atoms with Gasteiger partial charge in [-0.05, 0) is 33.1 Å². The van der Waals surface area contributed by atoms with E-state index < -0.39 is 0 Å². The Morgan fingerprint density at radius 3 is 2.80 bits per heavy atom. The molecule has 88 valence electrons. The van der Waals surface area contributed by atoms with Crippen LogP contribution in [0.2, 0.25) is 0 Å². The van der Waals surface area contributed by atoms with Crippen LogP contribution in [-0.4, -0.2) is 34.1 Å². The zero-order valence-corrected chi connectivity index (χ0v) is 9.98. The summed E-state index contributed by atoms with van der Waals surface area (Å²) in [5.41, 5.74) is 5.55. The van der Waals surface area contributed by atoms with Crippen molar-refractivity contribution in [3.63, 3.8) is 0 Å². The monoisotopic (exact) mass is 213 g/mol. The first kappa shape index (κ1) is 12.3. The number of rotatable bonds is 4. The van der Waals surface area contributed by atoms with Crippen LogP contribution in [-0.2, 0) is 0 Å². The molecule has 0 spiro atoms. The molecule has 0 aliphatic carbocycles. The van der Waals surface area contributed by atoms with Crippen molar-refractivity contribution in [1.82, 2.24) is 4.90 Å². The predicted molar refractivity (Wildman–Crippen MR) is 62.1 cm³/mol. The molecule has 1 fully saturated rings. The van der Waals surface area contributed by atoms with Crippen molar-refractivity contribution in [2.75, 3.05) is 0 Å². The second-order valence-electron chi connectivity index (χ2n) is 4.58. The third-order valence-corrected chi connectivity index (χ3v) is 3.46. The minimum atomic E-state index is 0.330. The maximum atomic E-state index is 8.56. The Hall–Kier alpha value is -0.770. The molecule has 0 aromatic heterocycles. The lowest BCUT2D eigenvalue weighted by Gasteiger charge is -2.33. The second-order valence-corrected chi connectivity index (χ2v) is 4.58. The molecule has 1 aliphatic rings. The fraction of sp³-hybridized carbons (Fsp3) is 0.909. The first-order chi connectivity index (χ1) is 7.10. The lowest BCUT2D eigenvalue weighted by atomic mass is 10.1. The van der Waals surface area contributed by atoms with Crippen LogP contribution in [0, 0.1) is 0 Å². The smallest absolute Gasteiger partial charge is 0.140 e. The summed E-state index contributed by atoms with van der Waals surface area (Å²) in [5.74, 6) is 0.330. The SMILES string of the molecule is CCC1CCC(C)N1C(C)CC(N)=NO. The summed E-state index contributed by atoms with van der Waals surface area (Å²) < 4.78 is 0. The molecule has 4 heteroatoms. The largest absolute Gasteiger partial charge is 0.409 e. The van der Waals surface area contributed by atoms with Gasteiger partial charge in [-0.3, -0.25) is 4.90 Å². The van der Waals surface area contributed by atoms with E-state index in [1.54, 1.807) is 0 Å². The Balaban J connectivity index is 2.59. The summed E-state index contributed by atoms with van der Waals surface area (Å²) in [6.07, 6.45) is 4.37. The van der Waals surface area contributed by atoms with E-state index in [1.165, 1.54) is 19.3 Å². The van der Waals surface area contributed by atoms with Crippen LogP contribution in [0.15, 0.2) is 5.16 Å². The van der Waals surface area contributed by atoms with Gasteiger partial charge in [0.2, 0.25) is 0 Å². The third kappa shape index (κ3) is 2.84. The van der Waals surface area contributed by atoms with E-state index in [1.807, 2.05) is 0 Å². The van der Waals surface area contributed by atoms with Gasteiger partial charge in [-0.2, -0.15) is 0 Å². The first-order valence-electron chi connectivity index (χ1n) is 5.84. The highest BCUT2D eigenvalue weighted by Gasteiger charge is 2.32. The molecule has 0 aromatic carbocycles. The number of hydrogen-bond donors (Lipinski definition) is 2. The fourth-order valence-corrected chi connectivity index (χ4v) is 2.75. The second kappa shape index (κ2) is 5.35. The van der Waals surface area contributed by atoms with Gasteiger partial charge in [-0.1, -0.05) is 12.1 Å². The Kier molecular flexibility index (Phi) is 4.39. The standard InChI is InChI=1S/C11H23N3O/c1-4-10-6-5-8(2)14(10)9(3)7-11(12)13-15/h8-10,15H,4-7H2,1-3H3,(H2,12,13). The quantitative estimate of drug-likeness (QED) is 0.324. The van der Waals surface area contributed by atoms with E-state index in [0.29, 0.717) is 30.4 Å². The molecule has 1 saturated heterocycles. The summed E-state index contributed by atoms with van der Waals surface area (Å²) in [4.78, 5) is 2.51. The van der Waals surface area contributed by atoms with Crippen LogP contribution in [0.3, 0.4) is 0 Å². The van der Waals surface area contributed by atoms with Crippen molar-refractivity contribution in [3.05, 3.63) is 0 Å². The van der Waals surface area contributed by atoms with Gasteiger partial charge in [-0.25, -0.2) is 0 Å². The van der Waals surface area contributed by atoms with Gasteiger partial charge in [0.15, 0.2) is 0 Å². The maximum absolute atomic E-state index is 8.56. The number of amidine groups is 1. The molecule has 15 heavy (non-hydrogen) atoms. The molecule has 3 atom stereocenters. The van der Waals surface area contributed by atoms with Crippen LogP contribution < -0.4 is 5.73 Å². The number of oxime groups is 1. The molecule has 3 unspecified atom stereocenters. The average molecular weight is 213 g/mol. The molecule has 4 nitrogen and oxygen atoms in total. The van der Waals surface area contributed by atoms with Crippen LogP contribution in [0.1, 0.15) is 46.5 Å². The molecule has 1 rings (SSSR count). The van der Waals surface area contributed by atoms with E-state index in [9.17, 15) is 0 Å². The molecule has 3 N–H and O–H groups in total. The summed E-state index contributed by atoms with van der Waals surface area (Å²) >= 11 is 0. The van der Waals surface area contributed by atoms with E-state index in [4.69, 9.17) is 10.9 Å². The van der Waals surface area contributed by atoms with Gasteiger partial charge in [0, 0.05) is 24.5 Å². The van der Waals surface area contributed by atoms with Gasteiger partial charge in [0.05, 0.1) is 0 Å². The van der Waals surface area contributed by atoms with Gasteiger partial charge in [-0.15, -0.1) is 0 Å². The molecule has 1 heterocycles. The van der Waals surface area contributed by atoms with Crippen molar-refractivity contribution < 1.29 is 5.21 Å². The molecule has 0 aromatic rings. The average Bonchev–Trinajstić information content (AvgIpc) is 2.59. The number of nitrogens with zero attached hydrogens (tertiary/aromatic N) is 2. The fourth-order valence-electron chi connectivity index (χ4n) is 2.75. The first-order valence-corrected chi connectivity index (χ1v) is 5.84. The number of hydrogen-bond acceptors (Lipinski definition) is 3. The topological polar surface area (TPSA) is 61.8 Å². The summed E-state index contributed by atoms with van der Waals surface area (Å²) in [7, 11) is 0. The Morgan fingerprint density at radius 2 is 2.27 bits per heavy atom. The Bertz CT molecular complexity index is 230. The molecule has 1 aliphatic heterocycles. The molecular weight excluding hydrogens is 190 g/mol. The highest BCUT2D eigenvalue weighted by atomic mass is 16.4. The van der Waals surface area contributed by atoms with E-state index in [0.717, 1.165) is 0 Å². The minimum absolute atomic E-state index is 0.330. The maximum Gasteiger partial charge on any atom is 0.140 e.